The minimum absolute atomic E-state index is 0.743. The van der Waals surface area contributed by atoms with Crippen LogP contribution in [0.15, 0.2) is 53.1 Å². The topological polar surface area (TPSA) is 50.9 Å². The molecule has 3 N–H and O–H groups in total. The molecule has 0 aliphatic rings. The van der Waals surface area contributed by atoms with E-state index >= 15 is 0 Å². The SMILES string of the molecule is Cc1cc2c(Nc3cccc(Br)c3)ccc(N)c2cn1. The first kappa shape index (κ1) is 12.9. The van der Waals surface area contributed by atoms with Gasteiger partial charge in [0.05, 0.1) is 0 Å². The first-order chi connectivity index (χ1) is 9.63. The van der Waals surface area contributed by atoms with Crippen molar-refractivity contribution in [1.82, 2.24) is 4.98 Å². The van der Waals surface area contributed by atoms with Crippen molar-refractivity contribution in [2.24, 2.45) is 0 Å². The van der Waals surface area contributed by atoms with Crippen molar-refractivity contribution in [3.05, 3.63) is 58.8 Å². The molecule has 2 aromatic carbocycles. The summed E-state index contributed by atoms with van der Waals surface area (Å²) in [5.74, 6) is 0. The van der Waals surface area contributed by atoms with Crippen LogP contribution < -0.4 is 11.1 Å². The Labute approximate surface area is 126 Å². The number of aromatic nitrogens is 1. The first-order valence-corrected chi connectivity index (χ1v) is 7.10. The van der Waals surface area contributed by atoms with Crippen LogP contribution in [0.5, 0.6) is 0 Å². The van der Waals surface area contributed by atoms with E-state index in [-0.39, 0.29) is 0 Å². The molecule has 100 valence electrons. The van der Waals surface area contributed by atoms with Gasteiger partial charge in [0.2, 0.25) is 0 Å². The zero-order chi connectivity index (χ0) is 14.1. The predicted molar refractivity (Wildman–Crippen MR) is 88.3 cm³/mol. The van der Waals surface area contributed by atoms with Crippen LogP contribution in [0.4, 0.5) is 17.1 Å². The van der Waals surface area contributed by atoms with Crippen LogP contribution in [0, 0.1) is 6.92 Å². The molecule has 0 spiro atoms. The molecule has 0 atom stereocenters. The summed E-state index contributed by atoms with van der Waals surface area (Å²) in [6.07, 6.45) is 1.83. The van der Waals surface area contributed by atoms with Crippen LogP contribution in [-0.4, -0.2) is 4.98 Å². The molecule has 3 aromatic rings. The number of nitrogens with one attached hydrogen (secondary N) is 1. The molecule has 4 heteroatoms. The van der Waals surface area contributed by atoms with Crippen LogP contribution in [0.3, 0.4) is 0 Å². The molecule has 0 saturated carbocycles. The van der Waals surface area contributed by atoms with Gasteiger partial charge in [-0.05, 0) is 43.3 Å². The number of hydrogen-bond acceptors (Lipinski definition) is 3. The van der Waals surface area contributed by atoms with E-state index in [1.807, 2.05) is 55.6 Å². The van der Waals surface area contributed by atoms with Crippen molar-refractivity contribution < 1.29 is 0 Å². The first-order valence-electron chi connectivity index (χ1n) is 6.31. The third kappa shape index (κ3) is 2.47. The molecule has 3 nitrogen and oxygen atoms in total. The Kier molecular flexibility index (Phi) is 3.32. The number of nitrogens with zero attached hydrogens (tertiary/aromatic N) is 1. The highest BCUT2D eigenvalue weighted by Crippen LogP contribution is 2.31. The summed E-state index contributed by atoms with van der Waals surface area (Å²) in [6.45, 7) is 1.98. The van der Waals surface area contributed by atoms with E-state index in [4.69, 9.17) is 5.73 Å². The Bertz CT molecular complexity index is 784. The van der Waals surface area contributed by atoms with Gasteiger partial charge in [0.1, 0.15) is 0 Å². The van der Waals surface area contributed by atoms with Crippen molar-refractivity contribution in [1.29, 1.82) is 0 Å². The number of nitrogen functional groups attached to an aromatic ring is 1. The molecule has 0 aliphatic heterocycles. The van der Waals surface area contributed by atoms with Crippen molar-refractivity contribution in [2.75, 3.05) is 11.1 Å². The number of rotatable bonds is 2. The fourth-order valence-electron chi connectivity index (χ4n) is 2.20. The third-order valence-corrected chi connectivity index (χ3v) is 3.67. The number of halogens is 1. The predicted octanol–water partition coefficient (Wildman–Crippen LogP) is 4.63. The second kappa shape index (κ2) is 5.13. The summed E-state index contributed by atoms with van der Waals surface area (Å²) in [7, 11) is 0. The lowest BCUT2D eigenvalue weighted by atomic mass is 10.1. The van der Waals surface area contributed by atoms with E-state index in [1.165, 1.54) is 0 Å². The minimum Gasteiger partial charge on any atom is -0.398 e. The summed E-state index contributed by atoms with van der Waals surface area (Å²) in [4.78, 5) is 4.32. The second-order valence-corrected chi connectivity index (χ2v) is 5.62. The van der Waals surface area contributed by atoms with Gasteiger partial charge in [-0.1, -0.05) is 22.0 Å². The van der Waals surface area contributed by atoms with E-state index in [2.05, 4.69) is 26.2 Å². The standard InChI is InChI=1S/C16H14BrN3/c1-10-7-13-14(9-19-10)15(18)5-6-16(13)20-12-4-2-3-11(17)8-12/h2-9,20H,18H2,1H3. The maximum atomic E-state index is 6.02. The van der Waals surface area contributed by atoms with Gasteiger partial charge in [-0.15, -0.1) is 0 Å². The summed E-state index contributed by atoms with van der Waals surface area (Å²) in [5, 5.41) is 5.48. The molecule has 1 aromatic heterocycles. The summed E-state index contributed by atoms with van der Waals surface area (Å²) in [5.41, 5.74) is 9.79. The van der Waals surface area contributed by atoms with Gasteiger partial charge in [-0.2, -0.15) is 0 Å². The highest BCUT2D eigenvalue weighted by Gasteiger charge is 2.06. The zero-order valence-corrected chi connectivity index (χ0v) is 12.6. The minimum atomic E-state index is 0.743. The van der Waals surface area contributed by atoms with Gasteiger partial charge >= 0.3 is 0 Å². The smallest absolute Gasteiger partial charge is 0.0466 e. The molecule has 3 rings (SSSR count). The van der Waals surface area contributed by atoms with Crippen LogP contribution in [-0.2, 0) is 0 Å². The molecule has 20 heavy (non-hydrogen) atoms. The number of anilines is 3. The molecule has 0 amide bonds. The molecule has 0 aliphatic carbocycles. The number of benzene rings is 2. The summed E-state index contributed by atoms with van der Waals surface area (Å²) in [6, 6.07) is 14.0. The molecule has 0 radical (unpaired) electrons. The Morgan fingerprint density at radius 3 is 2.75 bits per heavy atom. The van der Waals surface area contributed by atoms with Crippen molar-refractivity contribution >= 4 is 43.8 Å². The lowest BCUT2D eigenvalue weighted by Gasteiger charge is -2.12. The third-order valence-electron chi connectivity index (χ3n) is 3.18. The maximum Gasteiger partial charge on any atom is 0.0466 e. The van der Waals surface area contributed by atoms with E-state index in [0.29, 0.717) is 0 Å². The average Bonchev–Trinajstić information content (AvgIpc) is 2.42. The average molecular weight is 328 g/mol. The van der Waals surface area contributed by atoms with Crippen LogP contribution in [0.1, 0.15) is 5.69 Å². The maximum absolute atomic E-state index is 6.02. The van der Waals surface area contributed by atoms with Crippen LogP contribution in [0.2, 0.25) is 0 Å². The van der Waals surface area contributed by atoms with E-state index in [0.717, 1.165) is 38.0 Å². The number of nitrogens with two attached hydrogens (primary N) is 1. The van der Waals surface area contributed by atoms with Gasteiger partial charge < -0.3 is 11.1 Å². The van der Waals surface area contributed by atoms with Gasteiger partial charge in [0, 0.05) is 44.2 Å². The lowest BCUT2D eigenvalue weighted by molar-refractivity contribution is 1.22. The number of hydrogen-bond donors (Lipinski definition) is 2. The summed E-state index contributed by atoms with van der Waals surface area (Å²) >= 11 is 3.48. The van der Waals surface area contributed by atoms with Gasteiger partial charge in [0.15, 0.2) is 0 Å². The monoisotopic (exact) mass is 327 g/mol. The second-order valence-electron chi connectivity index (χ2n) is 4.71. The van der Waals surface area contributed by atoms with Crippen molar-refractivity contribution in [2.45, 2.75) is 6.92 Å². The van der Waals surface area contributed by atoms with E-state index < -0.39 is 0 Å². The number of pyridine rings is 1. The molecule has 0 saturated heterocycles. The van der Waals surface area contributed by atoms with E-state index in [9.17, 15) is 0 Å². The quantitative estimate of drug-likeness (QED) is 0.674. The Morgan fingerprint density at radius 1 is 1.10 bits per heavy atom. The largest absolute Gasteiger partial charge is 0.398 e. The highest BCUT2D eigenvalue weighted by atomic mass is 79.9. The fourth-order valence-corrected chi connectivity index (χ4v) is 2.60. The van der Waals surface area contributed by atoms with E-state index in [1.54, 1.807) is 0 Å². The Morgan fingerprint density at radius 2 is 1.95 bits per heavy atom. The number of fused-ring (bicyclic) bond motifs is 1. The fraction of sp³-hybridized carbons (Fsp3) is 0.0625. The zero-order valence-electron chi connectivity index (χ0n) is 11.0. The molecular formula is C16H14BrN3. The van der Waals surface area contributed by atoms with Crippen LogP contribution in [0.25, 0.3) is 10.8 Å². The molecule has 1 heterocycles. The molecule has 0 bridgehead atoms. The summed E-state index contributed by atoms with van der Waals surface area (Å²) < 4.78 is 1.04. The van der Waals surface area contributed by atoms with Crippen molar-refractivity contribution in [3.63, 3.8) is 0 Å². The normalized spacial score (nSPS) is 10.7. The highest BCUT2D eigenvalue weighted by molar-refractivity contribution is 9.10. The molecule has 0 unspecified atom stereocenters. The number of aryl methyl sites for hydroxylation is 1. The van der Waals surface area contributed by atoms with Gasteiger partial charge in [-0.3, -0.25) is 4.98 Å². The molecular weight excluding hydrogens is 314 g/mol. The molecule has 0 fully saturated rings. The van der Waals surface area contributed by atoms with Crippen molar-refractivity contribution in [3.8, 4) is 0 Å². The van der Waals surface area contributed by atoms with Gasteiger partial charge in [-0.25, -0.2) is 0 Å². The lowest BCUT2D eigenvalue weighted by Crippen LogP contribution is -1.95. The Hall–Kier alpha value is -2.07. The van der Waals surface area contributed by atoms with Gasteiger partial charge in [0.25, 0.3) is 0 Å². The van der Waals surface area contributed by atoms with Crippen LogP contribution >= 0.6 is 15.9 Å². The Balaban J connectivity index is 2.12.